The predicted octanol–water partition coefficient (Wildman–Crippen LogP) is 0.120. The SMILES string of the molecule is CCn1c(-c2nonc2N)nc2cncc(C(=O)N3CCN(C(=O)[C@@H]4CCCN4)CC3)c21. The van der Waals surface area contributed by atoms with Gasteiger partial charge in [-0.25, -0.2) is 9.61 Å². The number of piperazine rings is 1. The largest absolute Gasteiger partial charge is 0.379 e. The first kappa shape index (κ1) is 20.4. The van der Waals surface area contributed by atoms with Crippen LogP contribution in [0.15, 0.2) is 17.0 Å². The molecule has 12 nitrogen and oxygen atoms in total. The van der Waals surface area contributed by atoms with E-state index in [-0.39, 0.29) is 23.7 Å². The smallest absolute Gasteiger partial charge is 0.257 e. The van der Waals surface area contributed by atoms with Crippen molar-refractivity contribution in [1.29, 1.82) is 0 Å². The number of anilines is 1. The summed E-state index contributed by atoms with van der Waals surface area (Å²) in [5, 5.41) is 10.7. The van der Waals surface area contributed by atoms with Crippen molar-refractivity contribution in [2.75, 3.05) is 38.5 Å². The fraction of sp³-hybridized carbons (Fsp3) is 0.500. The van der Waals surface area contributed by atoms with Crippen LogP contribution < -0.4 is 11.1 Å². The number of imidazole rings is 1. The van der Waals surface area contributed by atoms with Crippen LogP contribution in [0.1, 0.15) is 30.1 Å². The third-order valence-electron chi connectivity index (χ3n) is 6.16. The lowest BCUT2D eigenvalue weighted by Crippen LogP contribution is -2.54. The normalized spacial score (nSPS) is 19.1. The monoisotopic (exact) mass is 439 g/mol. The van der Waals surface area contributed by atoms with Crippen LogP contribution in [0.3, 0.4) is 0 Å². The van der Waals surface area contributed by atoms with E-state index in [9.17, 15) is 9.59 Å². The molecule has 0 spiro atoms. The van der Waals surface area contributed by atoms with Crippen molar-refractivity contribution in [1.82, 2.24) is 40.0 Å². The van der Waals surface area contributed by atoms with Crippen LogP contribution in [0.4, 0.5) is 5.82 Å². The number of rotatable bonds is 4. The molecule has 3 aromatic heterocycles. The van der Waals surface area contributed by atoms with Crippen molar-refractivity contribution in [2.24, 2.45) is 0 Å². The Morgan fingerprint density at radius 2 is 1.97 bits per heavy atom. The molecule has 12 heteroatoms. The molecular weight excluding hydrogens is 414 g/mol. The lowest BCUT2D eigenvalue weighted by Gasteiger charge is -2.36. The molecular formula is C20H25N9O3. The summed E-state index contributed by atoms with van der Waals surface area (Å²) in [6, 6.07) is -0.0917. The zero-order valence-electron chi connectivity index (χ0n) is 17.8. The lowest BCUT2D eigenvalue weighted by molar-refractivity contribution is -0.134. The van der Waals surface area contributed by atoms with Gasteiger partial charge in [-0.3, -0.25) is 14.6 Å². The average molecular weight is 439 g/mol. The van der Waals surface area contributed by atoms with Crippen molar-refractivity contribution in [3.63, 3.8) is 0 Å². The van der Waals surface area contributed by atoms with Crippen LogP contribution in [-0.4, -0.2) is 85.2 Å². The first-order valence-corrected chi connectivity index (χ1v) is 10.8. The molecule has 0 saturated carbocycles. The minimum absolute atomic E-state index is 0.0917. The Morgan fingerprint density at radius 3 is 2.62 bits per heavy atom. The summed E-state index contributed by atoms with van der Waals surface area (Å²) < 4.78 is 6.60. The zero-order valence-corrected chi connectivity index (χ0v) is 17.8. The first-order valence-electron chi connectivity index (χ1n) is 10.8. The minimum Gasteiger partial charge on any atom is -0.379 e. The maximum atomic E-state index is 13.4. The van der Waals surface area contributed by atoms with Crippen LogP contribution >= 0.6 is 0 Å². The molecule has 1 atom stereocenters. The van der Waals surface area contributed by atoms with Gasteiger partial charge in [-0.1, -0.05) is 0 Å². The standard InChI is InChI=1S/C20H25N9O3/c1-2-29-16-12(10-22-11-14(16)24-18(29)15-17(21)26-32-25-15)19(30)27-6-8-28(9-7-27)20(31)13-4-3-5-23-13/h10-11,13,23H,2-9H2,1H3,(H2,21,26)/t13-/m0/s1. The maximum absolute atomic E-state index is 13.4. The molecule has 2 aliphatic rings. The molecule has 2 aliphatic heterocycles. The Morgan fingerprint density at radius 1 is 1.19 bits per heavy atom. The second kappa shape index (κ2) is 8.19. The van der Waals surface area contributed by atoms with Gasteiger partial charge in [0.25, 0.3) is 5.91 Å². The summed E-state index contributed by atoms with van der Waals surface area (Å²) in [5.74, 6) is 0.601. The van der Waals surface area contributed by atoms with E-state index in [1.165, 1.54) is 0 Å². The highest BCUT2D eigenvalue weighted by atomic mass is 16.6. The van der Waals surface area contributed by atoms with E-state index in [2.05, 4.69) is 25.6 Å². The molecule has 2 amide bonds. The Balaban J connectivity index is 1.40. The molecule has 0 aromatic carbocycles. The molecule has 5 heterocycles. The van der Waals surface area contributed by atoms with Crippen LogP contribution in [0.25, 0.3) is 22.6 Å². The summed E-state index contributed by atoms with van der Waals surface area (Å²) in [4.78, 5) is 38.5. The number of nitrogens with one attached hydrogen (secondary N) is 1. The third-order valence-corrected chi connectivity index (χ3v) is 6.16. The van der Waals surface area contributed by atoms with Gasteiger partial charge in [-0.15, -0.1) is 0 Å². The van der Waals surface area contributed by atoms with E-state index < -0.39 is 0 Å². The van der Waals surface area contributed by atoms with Gasteiger partial charge in [0.15, 0.2) is 17.3 Å². The molecule has 0 radical (unpaired) electrons. The number of nitrogens with zero attached hydrogens (tertiary/aromatic N) is 7. The summed E-state index contributed by atoms with van der Waals surface area (Å²) in [6.07, 6.45) is 5.07. The van der Waals surface area contributed by atoms with Crippen LogP contribution in [0, 0.1) is 0 Å². The summed E-state index contributed by atoms with van der Waals surface area (Å²) in [7, 11) is 0. The van der Waals surface area contributed by atoms with Crippen molar-refractivity contribution in [2.45, 2.75) is 32.4 Å². The van der Waals surface area contributed by atoms with Crippen LogP contribution in [0.2, 0.25) is 0 Å². The van der Waals surface area contributed by atoms with Gasteiger partial charge >= 0.3 is 0 Å². The highest BCUT2D eigenvalue weighted by molar-refractivity contribution is 6.05. The lowest BCUT2D eigenvalue weighted by atomic mass is 10.1. The number of nitrogens with two attached hydrogens (primary N) is 1. The quantitative estimate of drug-likeness (QED) is 0.578. The Kier molecular flexibility index (Phi) is 5.21. The first-order chi connectivity index (χ1) is 15.6. The second-order valence-electron chi connectivity index (χ2n) is 8.00. The van der Waals surface area contributed by atoms with Crippen LogP contribution in [0.5, 0.6) is 0 Å². The number of amides is 2. The molecule has 3 aromatic rings. The number of nitrogen functional groups attached to an aromatic ring is 1. The van der Waals surface area contributed by atoms with E-state index >= 15 is 0 Å². The molecule has 32 heavy (non-hydrogen) atoms. The molecule has 0 bridgehead atoms. The van der Waals surface area contributed by atoms with Gasteiger partial charge in [0.1, 0.15) is 5.52 Å². The number of hydrogen-bond acceptors (Lipinski definition) is 9. The van der Waals surface area contributed by atoms with Crippen molar-refractivity contribution in [3.8, 4) is 11.5 Å². The molecule has 0 aliphatic carbocycles. The van der Waals surface area contributed by atoms with E-state index in [1.54, 1.807) is 17.3 Å². The van der Waals surface area contributed by atoms with E-state index in [0.29, 0.717) is 60.8 Å². The zero-order chi connectivity index (χ0) is 22.2. The molecule has 2 fully saturated rings. The summed E-state index contributed by atoms with van der Waals surface area (Å²) >= 11 is 0. The van der Waals surface area contributed by atoms with Gasteiger partial charge in [-0.05, 0) is 36.6 Å². The predicted molar refractivity (Wildman–Crippen MR) is 114 cm³/mol. The highest BCUT2D eigenvalue weighted by Gasteiger charge is 2.32. The van der Waals surface area contributed by atoms with Gasteiger partial charge in [0, 0.05) is 38.9 Å². The van der Waals surface area contributed by atoms with E-state index in [4.69, 9.17) is 10.4 Å². The van der Waals surface area contributed by atoms with Crippen molar-refractivity contribution < 1.29 is 14.2 Å². The molecule has 5 rings (SSSR count). The van der Waals surface area contributed by atoms with Gasteiger partial charge < -0.3 is 25.4 Å². The molecule has 2 saturated heterocycles. The molecule has 0 unspecified atom stereocenters. The van der Waals surface area contributed by atoms with E-state index in [0.717, 1.165) is 19.4 Å². The van der Waals surface area contributed by atoms with Crippen LogP contribution in [-0.2, 0) is 11.3 Å². The number of hydrogen-bond donors (Lipinski definition) is 2. The van der Waals surface area contributed by atoms with E-state index in [1.807, 2.05) is 16.4 Å². The number of carbonyl (C=O) groups is 2. The Bertz CT molecular complexity index is 1160. The van der Waals surface area contributed by atoms with Gasteiger partial charge in [0.2, 0.25) is 5.91 Å². The molecule has 168 valence electrons. The summed E-state index contributed by atoms with van der Waals surface area (Å²) in [6.45, 7) is 5.36. The third kappa shape index (κ3) is 3.36. The van der Waals surface area contributed by atoms with Gasteiger partial charge in [0.05, 0.1) is 23.3 Å². The number of pyridine rings is 1. The highest BCUT2D eigenvalue weighted by Crippen LogP contribution is 2.28. The topological polar surface area (TPSA) is 148 Å². The minimum atomic E-state index is -0.137. The summed E-state index contributed by atoms with van der Waals surface area (Å²) in [5.41, 5.74) is 7.88. The number of aromatic nitrogens is 5. The number of aryl methyl sites for hydroxylation is 1. The molecule has 3 N–H and O–H groups in total. The van der Waals surface area contributed by atoms with Gasteiger partial charge in [-0.2, -0.15) is 0 Å². The number of carbonyl (C=O) groups excluding carboxylic acids is 2. The average Bonchev–Trinajstić information content (AvgIpc) is 3.57. The van der Waals surface area contributed by atoms with Crippen molar-refractivity contribution >= 4 is 28.7 Å². The number of fused-ring (bicyclic) bond motifs is 1. The maximum Gasteiger partial charge on any atom is 0.257 e. The van der Waals surface area contributed by atoms with Crippen molar-refractivity contribution in [3.05, 3.63) is 18.0 Å². The Labute approximate surface area is 183 Å². The fourth-order valence-electron chi connectivity index (χ4n) is 4.50. The fourth-order valence-corrected chi connectivity index (χ4v) is 4.50. The second-order valence-corrected chi connectivity index (χ2v) is 8.00. The Hall–Kier alpha value is -3.54.